The van der Waals surface area contributed by atoms with E-state index in [-0.39, 0.29) is 16.5 Å². The first-order valence-electron chi connectivity index (χ1n) is 13.1. The molecule has 0 N–H and O–H groups in total. The molecule has 0 bridgehead atoms. The maximum atomic E-state index is 15.0. The fraction of sp³-hybridized carbons (Fsp3) is 0.438. The fourth-order valence-corrected chi connectivity index (χ4v) is 4.17. The van der Waals surface area contributed by atoms with Gasteiger partial charge in [-0.3, -0.25) is 0 Å². The average molecular weight is 479 g/mol. The van der Waals surface area contributed by atoms with Crippen molar-refractivity contribution in [2.75, 3.05) is 6.61 Å². The first-order valence-corrected chi connectivity index (χ1v) is 13.1. The van der Waals surface area contributed by atoms with E-state index in [9.17, 15) is 0 Å². The van der Waals surface area contributed by atoms with Crippen molar-refractivity contribution in [2.45, 2.75) is 79.1 Å². The van der Waals surface area contributed by atoms with Gasteiger partial charge in [-0.2, -0.15) is 0 Å². The second-order valence-corrected chi connectivity index (χ2v) is 10.7. The van der Waals surface area contributed by atoms with Crippen molar-refractivity contribution < 1.29 is 13.5 Å². The molecule has 0 amide bonds. The van der Waals surface area contributed by atoms with Crippen LogP contribution in [0.2, 0.25) is 0 Å². The molecule has 0 spiro atoms. The minimum absolute atomic E-state index is 0.260. The Morgan fingerprint density at radius 3 is 1.71 bits per heavy atom. The number of rotatable bonds is 12. The van der Waals surface area contributed by atoms with Crippen molar-refractivity contribution in [3.63, 3.8) is 0 Å². The van der Waals surface area contributed by atoms with Gasteiger partial charge in [0.15, 0.2) is 11.6 Å². The molecule has 188 valence electrons. The summed E-state index contributed by atoms with van der Waals surface area (Å²) < 4.78 is 35.9. The highest BCUT2D eigenvalue weighted by Crippen LogP contribution is 2.32. The zero-order chi connectivity index (χ0) is 25.3. The van der Waals surface area contributed by atoms with Gasteiger partial charge in [-0.15, -0.1) is 0 Å². The number of hydrogen-bond donors (Lipinski definition) is 0. The number of aryl methyl sites for hydroxylation is 1. The van der Waals surface area contributed by atoms with Crippen LogP contribution in [0.15, 0.2) is 60.7 Å². The second kappa shape index (κ2) is 12.9. The largest absolute Gasteiger partial charge is 0.494 e. The van der Waals surface area contributed by atoms with Crippen molar-refractivity contribution in [3.8, 4) is 28.0 Å². The van der Waals surface area contributed by atoms with Gasteiger partial charge in [-0.05, 0) is 53.5 Å². The highest BCUT2D eigenvalue weighted by atomic mass is 19.2. The Hall–Kier alpha value is -2.68. The third-order valence-corrected chi connectivity index (χ3v) is 6.44. The van der Waals surface area contributed by atoms with Gasteiger partial charge >= 0.3 is 0 Å². The molecule has 3 heteroatoms. The molecule has 0 radical (unpaired) electrons. The van der Waals surface area contributed by atoms with Crippen LogP contribution >= 0.6 is 0 Å². The van der Waals surface area contributed by atoms with Crippen LogP contribution in [0.25, 0.3) is 22.3 Å². The molecule has 0 saturated heterocycles. The van der Waals surface area contributed by atoms with E-state index in [0.29, 0.717) is 17.7 Å². The molecule has 3 rings (SSSR count). The number of hydrogen-bond acceptors (Lipinski definition) is 1. The van der Waals surface area contributed by atoms with Gasteiger partial charge in [-0.25, -0.2) is 8.78 Å². The molecule has 0 aromatic heterocycles. The van der Waals surface area contributed by atoms with Crippen molar-refractivity contribution in [1.29, 1.82) is 0 Å². The second-order valence-electron chi connectivity index (χ2n) is 10.7. The van der Waals surface area contributed by atoms with Crippen molar-refractivity contribution >= 4 is 0 Å². The molecule has 0 aliphatic carbocycles. The van der Waals surface area contributed by atoms with Crippen LogP contribution in [0.5, 0.6) is 5.75 Å². The van der Waals surface area contributed by atoms with Crippen LogP contribution in [0.3, 0.4) is 0 Å². The molecule has 35 heavy (non-hydrogen) atoms. The minimum Gasteiger partial charge on any atom is -0.494 e. The summed E-state index contributed by atoms with van der Waals surface area (Å²) in [5.41, 5.74) is 3.34. The third kappa shape index (κ3) is 8.19. The third-order valence-electron chi connectivity index (χ3n) is 6.44. The quantitative estimate of drug-likeness (QED) is 0.235. The number of ether oxygens (including phenoxy) is 1. The van der Waals surface area contributed by atoms with Gasteiger partial charge in [0.2, 0.25) is 0 Å². The van der Waals surface area contributed by atoms with Gasteiger partial charge < -0.3 is 4.74 Å². The zero-order valence-corrected chi connectivity index (χ0v) is 21.8. The topological polar surface area (TPSA) is 9.23 Å². The molecular formula is C32H40F2O. The molecule has 3 aromatic rings. The summed E-state index contributed by atoms with van der Waals surface area (Å²) in [6.45, 7) is 9.56. The number of halogens is 2. The van der Waals surface area contributed by atoms with Crippen LogP contribution < -0.4 is 4.74 Å². The molecule has 0 aliphatic heterocycles. The van der Waals surface area contributed by atoms with Crippen LogP contribution in [0.1, 0.15) is 78.2 Å². The van der Waals surface area contributed by atoms with E-state index in [0.717, 1.165) is 25.0 Å². The maximum Gasteiger partial charge on any atom is 0.167 e. The van der Waals surface area contributed by atoms with Crippen LogP contribution in [-0.4, -0.2) is 6.61 Å². The van der Waals surface area contributed by atoms with Gasteiger partial charge in [0.05, 0.1) is 6.61 Å². The van der Waals surface area contributed by atoms with Crippen LogP contribution in [0, 0.1) is 17.0 Å². The summed E-state index contributed by atoms with van der Waals surface area (Å²) in [6.07, 6.45) is 9.34. The van der Waals surface area contributed by atoms with Crippen molar-refractivity contribution in [2.24, 2.45) is 5.41 Å². The lowest BCUT2D eigenvalue weighted by Crippen LogP contribution is -2.06. The van der Waals surface area contributed by atoms with E-state index >= 15 is 8.78 Å². The van der Waals surface area contributed by atoms with Gasteiger partial charge in [0.1, 0.15) is 5.75 Å². The Morgan fingerprint density at radius 1 is 0.657 bits per heavy atom. The van der Waals surface area contributed by atoms with E-state index < -0.39 is 11.6 Å². The summed E-state index contributed by atoms with van der Waals surface area (Å²) in [7, 11) is 0. The predicted octanol–water partition coefficient (Wildman–Crippen LogP) is 10.0. The van der Waals surface area contributed by atoms with Crippen molar-refractivity contribution in [3.05, 3.63) is 77.9 Å². The lowest BCUT2D eigenvalue weighted by molar-refractivity contribution is 0.304. The van der Waals surface area contributed by atoms with Crippen LogP contribution in [0.4, 0.5) is 8.78 Å². The minimum atomic E-state index is -0.819. The van der Waals surface area contributed by atoms with E-state index in [1.165, 1.54) is 37.7 Å². The first-order chi connectivity index (χ1) is 16.8. The molecule has 1 nitrogen and oxygen atoms in total. The van der Waals surface area contributed by atoms with Crippen LogP contribution in [-0.2, 0) is 6.42 Å². The summed E-state index contributed by atoms with van der Waals surface area (Å²) >= 11 is 0. The summed E-state index contributed by atoms with van der Waals surface area (Å²) in [4.78, 5) is 0. The monoisotopic (exact) mass is 478 g/mol. The average Bonchev–Trinajstić information content (AvgIpc) is 2.84. The van der Waals surface area contributed by atoms with Gasteiger partial charge in [-0.1, -0.05) is 108 Å². The molecule has 3 aromatic carbocycles. The molecule has 0 fully saturated rings. The molecule has 0 heterocycles. The molecule has 0 aliphatic rings. The van der Waals surface area contributed by atoms with E-state index in [2.05, 4.69) is 27.7 Å². The molecular weight excluding hydrogens is 438 g/mol. The number of unbranched alkanes of at least 4 members (excludes halogenated alkanes) is 5. The van der Waals surface area contributed by atoms with E-state index in [1.54, 1.807) is 24.3 Å². The lowest BCUT2D eigenvalue weighted by Gasteiger charge is -2.17. The number of benzene rings is 3. The molecule has 0 atom stereocenters. The fourth-order valence-electron chi connectivity index (χ4n) is 4.17. The zero-order valence-electron chi connectivity index (χ0n) is 21.8. The molecule has 0 unspecified atom stereocenters. The normalized spacial score (nSPS) is 11.6. The first kappa shape index (κ1) is 26.9. The summed E-state index contributed by atoms with van der Waals surface area (Å²) in [6, 6.07) is 18.3. The Balaban J connectivity index is 1.62. The van der Waals surface area contributed by atoms with Gasteiger partial charge in [0, 0.05) is 11.1 Å². The Morgan fingerprint density at radius 2 is 1.17 bits per heavy atom. The summed E-state index contributed by atoms with van der Waals surface area (Å²) in [5.74, 6) is -0.875. The van der Waals surface area contributed by atoms with Crippen molar-refractivity contribution in [1.82, 2.24) is 0 Å². The Bertz CT molecular complexity index is 1050. The van der Waals surface area contributed by atoms with Gasteiger partial charge in [0.25, 0.3) is 0 Å². The predicted molar refractivity (Wildman–Crippen MR) is 144 cm³/mol. The maximum absolute atomic E-state index is 15.0. The standard InChI is InChI=1S/C32H40F2O/c1-5-6-7-8-9-10-23-35-27-17-15-26(16-18-27)29-20-19-28(30(33)31(29)34)25-13-11-24(12-14-25)21-22-32(2,3)4/h11-20H,5-10,21-23H2,1-4H3. The highest BCUT2D eigenvalue weighted by Gasteiger charge is 2.16. The van der Waals surface area contributed by atoms with E-state index in [1.807, 2.05) is 36.4 Å². The van der Waals surface area contributed by atoms with E-state index in [4.69, 9.17) is 4.74 Å². The molecule has 0 saturated carbocycles. The smallest absolute Gasteiger partial charge is 0.167 e. The highest BCUT2D eigenvalue weighted by molar-refractivity contribution is 5.72. The Kier molecular flexibility index (Phi) is 9.89. The SMILES string of the molecule is CCCCCCCCOc1ccc(-c2ccc(-c3ccc(CCC(C)(C)C)cc3)c(F)c2F)cc1. The lowest BCUT2D eigenvalue weighted by atomic mass is 9.88. The Labute approximate surface area is 210 Å². The summed E-state index contributed by atoms with van der Waals surface area (Å²) in [5, 5.41) is 0.